The SMILES string of the molecule is Cc1ccc(F)c(C2CC(C)CCC2CNCC(C)C)c1. The molecule has 2 rings (SSSR count). The quantitative estimate of drug-likeness (QED) is 0.813. The van der Waals surface area contributed by atoms with E-state index in [1.807, 2.05) is 6.07 Å². The van der Waals surface area contributed by atoms with Crippen molar-refractivity contribution in [3.05, 3.63) is 35.1 Å². The van der Waals surface area contributed by atoms with Gasteiger partial charge in [0.1, 0.15) is 5.82 Å². The van der Waals surface area contributed by atoms with Crippen LogP contribution in [0.1, 0.15) is 57.1 Å². The van der Waals surface area contributed by atoms with Crippen molar-refractivity contribution >= 4 is 0 Å². The highest BCUT2D eigenvalue weighted by molar-refractivity contribution is 5.28. The smallest absolute Gasteiger partial charge is 0.126 e. The van der Waals surface area contributed by atoms with E-state index in [9.17, 15) is 4.39 Å². The molecule has 1 aromatic rings. The summed E-state index contributed by atoms with van der Waals surface area (Å²) in [5, 5.41) is 3.58. The van der Waals surface area contributed by atoms with E-state index >= 15 is 0 Å². The van der Waals surface area contributed by atoms with E-state index in [0.29, 0.717) is 23.7 Å². The molecule has 1 nitrogen and oxygen atoms in total. The third kappa shape index (κ3) is 4.54. The molecular weight excluding hydrogens is 261 g/mol. The maximum Gasteiger partial charge on any atom is 0.126 e. The Bertz CT molecular complexity index is 455. The molecule has 0 aromatic heterocycles. The van der Waals surface area contributed by atoms with Crippen LogP contribution >= 0.6 is 0 Å². The summed E-state index contributed by atoms with van der Waals surface area (Å²) in [6.45, 7) is 10.9. The van der Waals surface area contributed by atoms with Gasteiger partial charge in [-0.3, -0.25) is 0 Å². The number of hydrogen-bond acceptors (Lipinski definition) is 1. The van der Waals surface area contributed by atoms with Crippen LogP contribution < -0.4 is 5.32 Å². The van der Waals surface area contributed by atoms with Crippen LogP contribution in [0.3, 0.4) is 0 Å². The maximum absolute atomic E-state index is 14.3. The van der Waals surface area contributed by atoms with Crippen molar-refractivity contribution in [2.75, 3.05) is 13.1 Å². The highest BCUT2D eigenvalue weighted by Gasteiger charge is 2.31. The summed E-state index contributed by atoms with van der Waals surface area (Å²) in [7, 11) is 0. The van der Waals surface area contributed by atoms with E-state index in [-0.39, 0.29) is 5.82 Å². The summed E-state index contributed by atoms with van der Waals surface area (Å²) in [5.74, 6) is 2.29. The van der Waals surface area contributed by atoms with Crippen LogP contribution in [-0.2, 0) is 0 Å². The van der Waals surface area contributed by atoms with Crippen molar-refractivity contribution in [3.63, 3.8) is 0 Å². The lowest BCUT2D eigenvalue weighted by molar-refractivity contribution is 0.236. The number of rotatable bonds is 5. The molecule has 1 aliphatic rings. The van der Waals surface area contributed by atoms with Crippen molar-refractivity contribution in [2.24, 2.45) is 17.8 Å². The lowest BCUT2D eigenvalue weighted by Crippen LogP contribution is -2.33. The van der Waals surface area contributed by atoms with Crippen LogP contribution in [-0.4, -0.2) is 13.1 Å². The maximum atomic E-state index is 14.3. The minimum atomic E-state index is -0.0199. The summed E-state index contributed by atoms with van der Waals surface area (Å²) in [6.07, 6.45) is 3.61. The first-order chi connectivity index (χ1) is 9.97. The predicted molar refractivity (Wildman–Crippen MR) is 88.1 cm³/mol. The van der Waals surface area contributed by atoms with Crippen molar-refractivity contribution in [2.45, 2.75) is 52.9 Å². The average molecular weight is 291 g/mol. The molecule has 0 heterocycles. The fourth-order valence-electron chi connectivity index (χ4n) is 3.57. The van der Waals surface area contributed by atoms with Crippen LogP contribution in [0, 0.1) is 30.5 Å². The minimum Gasteiger partial charge on any atom is -0.316 e. The van der Waals surface area contributed by atoms with E-state index in [0.717, 1.165) is 25.1 Å². The molecule has 0 saturated heterocycles. The molecule has 0 spiro atoms. The zero-order chi connectivity index (χ0) is 15.4. The largest absolute Gasteiger partial charge is 0.316 e. The van der Waals surface area contributed by atoms with Gasteiger partial charge in [0.15, 0.2) is 0 Å². The predicted octanol–water partition coefficient (Wildman–Crippen LogP) is 4.90. The molecule has 2 heteroatoms. The van der Waals surface area contributed by atoms with Crippen molar-refractivity contribution < 1.29 is 4.39 Å². The molecule has 118 valence electrons. The number of aryl methyl sites for hydroxylation is 1. The lowest BCUT2D eigenvalue weighted by Gasteiger charge is -2.36. The molecule has 1 aliphatic carbocycles. The van der Waals surface area contributed by atoms with Crippen LogP contribution in [0.5, 0.6) is 0 Å². The van der Waals surface area contributed by atoms with Gasteiger partial charge in [-0.25, -0.2) is 4.39 Å². The first kappa shape index (κ1) is 16.5. The van der Waals surface area contributed by atoms with E-state index < -0.39 is 0 Å². The van der Waals surface area contributed by atoms with Gasteiger partial charge in [-0.2, -0.15) is 0 Å². The monoisotopic (exact) mass is 291 g/mol. The molecule has 1 saturated carbocycles. The highest BCUT2D eigenvalue weighted by atomic mass is 19.1. The molecule has 1 aromatic carbocycles. The van der Waals surface area contributed by atoms with Crippen LogP contribution in [0.25, 0.3) is 0 Å². The van der Waals surface area contributed by atoms with Gasteiger partial charge in [0.05, 0.1) is 0 Å². The fourth-order valence-corrected chi connectivity index (χ4v) is 3.57. The lowest BCUT2D eigenvalue weighted by atomic mass is 9.71. The summed E-state index contributed by atoms with van der Waals surface area (Å²) >= 11 is 0. The Balaban J connectivity index is 2.12. The Morgan fingerprint density at radius 2 is 2.05 bits per heavy atom. The first-order valence-corrected chi connectivity index (χ1v) is 8.44. The molecule has 3 unspecified atom stereocenters. The molecule has 1 N–H and O–H groups in total. The van der Waals surface area contributed by atoms with Gasteiger partial charge >= 0.3 is 0 Å². The van der Waals surface area contributed by atoms with E-state index in [2.05, 4.69) is 39.1 Å². The first-order valence-electron chi connectivity index (χ1n) is 8.44. The summed E-state index contributed by atoms with van der Waals surface area (Å²) in [4.78, 5) is 0. The van der Waals surface area contributed by atoms with Crippen LogP contribution in [0.4, 0.5) is 4.39 Å². The zero-order valence-corrected chi connectivity index (χ0v) is 14.0. The molecule has 0 bridgehead atoms. The summed E-state index contributed by atoms with van der Waals surface area (Å²) in [5.41, 5.74) is 2.11. The number of halogens is 1. The Kier molecular flexibility index (Phi) is 5.80. The fraction of sp³-hybridized carbons (Fsp3) is 0.684. The van der Waals surface area contributed by atoms with Crippen molar-refractivity contribution in [3.8, 4) is 0 Å². The van der Waals surface area contributed by atoms with Gasteiger partial charge in [0, 0.05) is 0 Å². The summed E-state index contributed by atoms with van der Waals surface area (Å²) in [6, 6.07) is 5.58. The van der Waals surface area contributed by atoms with E-state index in [1.165, 1.54) is 18.4 Å². The Morgan fingerprint density at radius 3 is 2.76 bits per heavy atom. The average Bonchev–Trinajstić information content (AvgIpc) is 2.43. The number of nitrogens with one attached hydrogen (secondary N) is 1. The second-order valence-electron chi connectivity index (χ2n) is 7.36. The third-order valence-electron chi connectivity index (χ3n) is 4.77. The Hall–Kier alpha value is -0.890. The Labute approximate surface area is 129 Å². The van der Waals surface area contributed by atoms with Gasteiger partial charge < -0.3 is 5.32 Å². The zero-order valence-electron chi connectivity index (χ0n) is 14.0. The molecule has 21 heavy (non-hydrogen) atoms. The summed E-state index contributed by atoms with van der Waals surface area (Å²) < 4.78 is 14.3. The van der Waals surface area contributed by atoms with Gasteiger partial charge in [0.25, 0.3) is 0 Å². The minimum absolute atomic E-state index is 0.0199. The van der Waals surface area contributed by atoms with Gasteiger partial charge in [-0.1, -0.05) is 44.9 Å². The molecule has 1 fully saturated rings. The molecule has 0 aliphatic heterocycles. The van der Waals surface area contributed by atoms with Gasteiger partial charge in [-0.15, -0.1) is 0 Å². The molecule has 0 amide bonds. The molecular formula is C19H30FN. The molecule has 3 atom stereocenters. The van der Waals surface area contributed by atoms with Crippen LogP contribution in [0.15, 0.2) is 18.2 Å². The second-order valence-corrected chi connectivity index (χ2v) is 7.36. The van der Waals surface area contributed by atoms with Gasteiger partial charge in [-0.05, 0) is 68.2 Å². The number of benzene rings is 1. The van der Waals surface area contributed by atoms with Gasteiger partial charge in [0.2, 0.25) is 0 Å². The normalized spacial score (nSPS) is 26.3. The van der Waals surface area contributed by atoms with E-state index in [1.54, 1.807) is 6.07 Å². The standard InChI is InChI=1S/C19H30FN/c1-13(2)11-21-12-16-7-5-14(3)9-17(16)18-10-15(4)6-8-19(18)20/h6,8,10,13-14,16-17,21H,5,7,9,11-12H2,1-4H3. The molecule has 0 radical (unpaired) electrons. The third-order valence-corrected chi connectivity index (χ3v) is 4.77. The number of hydrogen-bond donors (Lipinski definition) is 1. The van der Waals surface area contributed by atoms with E-state index in [4.69, 9.17) is 0 Å². The topological polar surface area (TPSA) is 12.0 Å². The van der Waals surface area contributed by atoms with Crippen LogP contribution in [0.2, 0.25) is 0 Å². The van der Waals surface area contributed by atoms with Crippen molar-refractivity contribution in [1.82, 2.24) is 5.32 Å². The van der Waals surface area contributed by atoms with Crippen molar-refractivity contribution in [1.29, 1.82) is 0 Å². The highest BCUT2D eigenvalue weighted by Crippen LogP contribution is 2.41. The second kappa shape index (κ2) is 7.40. The Morgan fingerprint density at radius 1 is 1.29 bits per heavy atom.